The number of hydrogen-bond donors (Lipinski definition) is 2. The zero-order valence-corrected chi connectivity index (χ0v) is 17.3. The van der Waals surface area contributed by atoms with Crippen LogP contribution in [-0.4, -0.2) is 34.6 Å². The molecule has 30 heavy (non-hydrogen) atoms. The van der Waals surface area contributed by atoms with E-state index < -0.39 is 5.25 Å². The predicted molar refractivity (Wildman–Crippen MR) is 116 cm³/mol. The smallest absolute Gasteiger partial charge is 0.240 e. The van der Waals surface area contributed by atoms with Crippen molar-refractivity contribution in [3.63, 3.8) is 0 Å². The quantitative estimate of drug-likeness (QED) is 0.521. The van der Waals surface area contributed by atoms with Gasteiger partial charge >= 0.3 is 0 Å². The van der Waals surface area contributed by atoms with Crippen molar-refractivity contribution in [2.45, 2.75) is 25.5 Å². The van der Waals surface area contributed by atoms with Crippen molar-refractivity contribution >= 4 is 40.1 Å². The first-order valence-corrected chi connectivity index (χ1v) is 10.2. The molecule has 156 valence electrons. The molecule has 1 saturated heterocycles. The number of anilines is 1. The van der Waals surface area contributed by atoms with Gasteiger partial charge in [0.1, 0.15) is 16.8 Å². The Bertz CT molecular complexity index is 975. The van der Waals surface area contributed by atoms with Crippen LogP contribution >= 0.6 is 11.8 Å². The normalized spacial score (nSPS) is 17.7. The molecule has 0 spiro atoms. The van der Waals surface area contributed by atoms with Gasteiger partial charge in [-0.2, -0.15) is 5.10 Å². The topological polar surface area (TPSA) is 92.2 Å². The van der Waals surface area contributed by atoms with Gasteiger partial charge in [0.2, 0.25) is 11.8 Å². The summed E-state index contributed by atoms with van der Waals surface area (Å²) in [5.74, 6) is -0.185. The number of amides is 2. The second kappa shape index (κ2) is 10.0. The molecular weight excluding hydrogens is 407 g/mol. The van der Waals surface area contributed by atoms with Gasteiger partial charge in [0.25, 0.3) is 0 Å². The van der Waals surface area contributed by atoms with E-state index in [-0.39, 0.29) is 24.1 Å². The van der Waals surface area contributed by atoms with E-state index in [0.29, 0.717) is 23.2 Å². The van der Waals surface area contributed by atoms with Crippen molar-refractivity contribution in [2.24, 2.45) is 10.2 Å². The van der Waals surface area contributed by atoms with Crippen molar-refractivity contribution in [3.05, 3.63) is 59.9 Å². The summed E-state index contributed by atoms with van der Waals surface area (Å²) in [6.07, 6.45) is 0.00336. The van der Waals surface area contributed by atoms with Crippen LogP contribution in [0.25, 0.3) is 0 Å². The number of benzene rings is 2. The second-order valence-corrected chi connectivity index (χ2v) is 7.59. The van der Waals surface area contributed by atoms with Crippen LogP contribution in [-0.2, 0) is 9.59 Å². The number of thioether (sulfide) groups is 1. The van der Waals surface area contributed by atoms with Crippen LogP contribution < -0.4 is 15.4 Å². The molecule has 0 aromatic heterocycles. The Balaban J connectivity index is 1.55. The van der Waals surface area contributed by atoms with Gasteiger partial charge < -0.3 is 15.4 Å². The summed E-state index contributed by atoms with van der Waals surface area (Å²) < 4.78 is 18.4. The highest BCUT2D eigenvalue weighted by Crippen LogP contribution is 2.23. The first-order chi connectivity index (χ1) is 14.4. The molecule has 1 heterocycles. The van der Waals surface area contributed by atoms with E-state index in [4.69, 9.17) is 4.74 Å². The summed E-state index contributed by atoms with van der Waals surface area (Å²) in [5, 5.41) is 13.2. The fraction of sp³-hybridized carbons (Fsp3) is 0.238. The minimum atomic E-state index is -0.590. The molecule has 2 N–H and O–H groups in total. The highest BCUT2D eigenvalue weighted by atomic mass is 32.2. The van der Waals surface area contributed by atoms with Crippen molar-refractivity contribution in [1.82, 2.24) is 5.32 Å². The third kappa shape index (κ3) is 5.90. The highest BCUT2D eigenvalue weighted by molar-refractivity contribution is 8.15. The van der Waals surface area contributed by atoms with E-state index in [2.05, 4.69) is 20.8 Å². The maximum atomic E-state index is 13.0. The summed E-state index contributed by atoms with van der Waals surface area (Å²) in [6, 6.07) is 12.9. The van der Waals surface area contributed by atoms with Gasteiger partial charge in [-0.3, -0.25) is 9.59 Å². The van der Waals surface area contributed by atoms with Gasteiger partial charge in [0.15, 0.2) is 5.17 Å². The first-order valence-electron chi connectivity index (χ1n) is 9.33. The van der Waals surface area contributed by atoms with Crippen molar-refractivity contribution in [3.8, 4) is 5.75 Å². The molecule has 1 atom stereocenters. The molecule has 7 nitrogen and oxygen atoms in total. The lowest BCUT2D eigenvalue weighted by atomic mass is 10.1. The molecule has 0 radical (unpaired) electrons. The zero-order chi connectivity index (χ0) is 21.5. The van der Waals surface area contributed by atoms with Crippen LogP contribution in [0.4, 0.5) is 10.1 Å². The Morgan fingerprint density at radius 1 is 1.20 bits per heavy atom. The first kappa shape index (κ1) is 21.5. The summed E-state index contributed by atoms with van der Waals surface area (Å²) >= 11 is 1.15. The molecule has 2 aromatic rings. The third-order valence-corrected chi connectivity index (χ3v) is 5.22. The minimum Gasteiger partial charge on any atom is -0.494 e. The molecule has 9 heteroatoms. The summed E-state index contributed by atoms with van der Waals surface area (Å²) in [4.78, 5) is 24.4. The second-order valence-electron chi connectivity index (χ2n) is 6.40. The van der Waals surface area contributed by atoms with E-state index in [1.165, 1.54) is 12.1 Å². The Kier molecular flexibility index (Phi) is 7.18. The number of rotatable bonds is 7. The maximum Gasteiger partial charge on any atom is 0.240 e. The molecular formula is C21H21FN4O3S. The van der Waals surface area contributed by atoms with E-state index in [1.807, 2.05) is 6.92 Å². The van der Waals surface area contributed by atoms with E-state index in [9.17, 15) is 14.0 Å². The zero-order valence-electron chi connectivity index (χ0n) is 16.5. The number of nitrogens with zero attached hydrogens (tertiary/aromatic N) is 2. The molecule has 0 saturated carbocycles. The minimum absolute atomic E-state index is 0.00336. The Morgan fingerprint density at radius 3 is 2.57 bits per heavy atom. The third-order valence-electron chi connectivity index (χ3n) is 4.15. The maximum absolute atomic E-state index is 13.0. The van der Waals surface area contributed by atoms with E-state index in [1.54, 1.807) is 43.3 Å². The van der Waals surface area contributed by atoms with E-state index >= 15 is 0 Å². The number of ether oxygens (including phenoxy) is 1. The Labute approximate surface area is 177 Å². The Hall–Kier alpha value is -3.20. The molecule has 0 bridgehead atoms. The monoisotopic (exact) mass is 428 g/mol. The van der Waals surface area contributed by atoms with Gasteiger partial charge in [0.05, 0.1) is 12.3 Å². The summed E-state index contributed by atoms with van der Waals surface area (Å²) in [7, 11) is 0. The standard InChI is InChI=1S/C21H21FN4O3S/c1-3-29-17-10-8-16(9-11-17)23-19(27)12-18-20(28)24-21(30-18)26-25-13(2)14-4-6-15(22)7-5-14/h4-11,18H,3,12H2,1-2H3,(H,23,27)(H,24,26,28)/b25-13+. The lowest BCUT2D eigenvalue weighted by molar-refractivity contribution is -0.122. The van der Waals surface area contributed by atoms with Gasteiger partial charge in [-0.1, -0.05) is 23.9 Å². The largest absolute Gasteiger partial charge is 0.494 e. The molecule has 2 aromatic carbocycles. The lowest BCUT2D eigenvalue weighted by Gasteiger charge is -2.08. The predicted octanol–water partition coefficient (Wildman–Crippen LogP) is 3.56. The van der Waals surface area contributed by atoms with Crippen molar-refractivity contribution in [1.29, 1.82) is 0 Å². The molecule has 1 aliphatic heterocycles. The van der Waals surface area contributed by atoms with Gasteiger partial charge in [-0.15, -0.1) is 5.10 Å². The molecule has 2 amide bonds. The summed E-state index contributed by atoms with van der Waals surface area (Å²) in [6.45, 7) is 4.20. The fourth-order valence-electron chi connectivity index (χ4n) is 2.64. The molecule has 0 aliphatic carbocycles. The van der Waals surface area contributed by atoms with Crippen LogP contribution in [0.15, 0.2) is 58.7 Å². The number of halogens is 1. The molecule has 1 fully saturated rings. The lowest BCUT2D eigenvalue weighted by Crippen LogP contribution is -2.28. The van der Waals surface area contributed by atoms with Crippen LogP contribution in [0, 0.1) is 5.82 Å². The van der Waals surface area contributed by atoms with Crippen LogP contribution in [0.2, 0.25) is 0 Å². The number of nitrogens with one attached hydrogen (secondary N) is 2. The van der Waals surface area contributed by atoms with Gasteiger partial charge in [-0.25, -0.2) is 4.39 Å². The van der Waals surface area contributed by atoms with Gasteiger partial charge in [0, 0.05) is 12.1 Å². The van der Waals surface area contributed by atoms with Gasteiger partial charge in [-0.05, 0) is 55.8 Å². The average Bonchev–Trinajstić information content (AvgIpc) is 3.07. The number of hydrogen-bond acceptors (Lipinski definition) is 6. The highest BCUT2D eigenvalue weighted by Gasteiger charge is 2.32. The summed E-state index contributed by atoms with van der Waals surface area (Å²) in [5.41, 5.74) is 1.93. The van der Waals surface area contributed by atoms with Crippen LogP contribution in [0.1, 0.15) is 25.8 Å². The van der Waals surface area contributed by atoms with E-state index in [0.717, 1.165) is 23.1 Å². The van der Waals surface area contributed by atoms with Crippen LogP contribution in [0.5, 0.6) is 5.75 Å². The SMILES string of the molecule is CCOc1ccc(NC(=O)CC2S/C(=N\N=C(/C)c3ccc(F)cc3)NC2=O)cc1. The van der Waals surface area contributed by atoms with Crippen LogP contribution in [0.3, 0.4) is 0 Å². The average molecular weight is 428 g/mol. The van der Waals surface area contributed by atoms with Crippen molar-refractivity contribution in [2.75, 3.05) is 11.9 Å². The molecule has 3 rings (SSSR count). The number of carbonyl (C=O) groups excluding carboxylic acids is 2. The number of carbonyl (C=O) groups is 2. The number of amidine groups is 1. The molecule has 1 unspecified atom stereocenters. The Morgan fingerprint density at radius 2 is 1.90 bits per heavy atom. The fourth-order valence-corrected chi connectivity index (χ4v) is 3.56. The van der Waals surface area contributed by atoms with Crippen molar-refractivity contribution < 1.29 is 18.7 Å². The molecule has 1 aliphatic rings.